The minimum Gasteiger partial charge on any atom is -0.474 e. The van der Waals surface area contributed by atoms with E-state index in [0.29, 0.717) is 0 Å². The quantitative estimate of drug-likeness (QED) is 0.385. The van der Waals surface area contributed by atoms with E-state index < -0.39 is 11.9 Å². The van der Waals surface area contributed by atoms with Crippen molar-refractivity contribution in [3.8, 4) is 0 Å². The van der Waals surface area contributed by atoms with Crippen molar-refractivity contribution in [2.45, 2.75) is 0 Å². The van der Waals surface area contributed by atoms with Crippen molar-refractivity contribution in [2.24, 2.45) is 0 Å². The summed E-state index contributed by atoms with van der Waals surface area (Å²) < 4.78 is 0. The molecule has 1 rings (SSSR count). The molecule has 1 aliphatic heterocycles. The van der Waals surface area contributed by atoms with Crippen LogP contribution in [-0.4, -0.2) is 41.1 Å². The van der Waals surface area contributed by atoms with Gasteiger partial charge in [0.2, 0.25) is 0 Å². The number of rotatable bonds is 1. The molecule has 0 aromatic carbocycles. The highest BCUT2D eigenvalue weighted by Crippen LogP contribution is 1.98. The maximum Gasteiger partial charge on any atom is 0.396 e. The summed E-state index contributed by atoms with van der Waals surface area (Å²) in [5.74, 6) is -2.61. The highest BCUT2D eigenvalue weighted by molar-refractivity contribution is 6.31. The van der Waals surface area contributed by atoms with Gasteiger partial charge in [0.1, 0.15) is 6.67 Å². The standard InChI is InChI=1S/C4H8N4O4/c1-12-8-6-5-2-7(8)3(9)4(10)11/h5-6H,2H2,1H3,(H,10,11). The van der Waals surface area contributed by atoms with Crippen LogP contribution >= 0.6 is 0 Å². The lowest BCUT2D eigenvalue weighted by Gasteiger charge is -2.20. The van der Waals surface area contributed by atoms with Crippen molar-refractivity contribution < 1.29 is 19.5 Å². The van der Waals surface area contributed by atoms with Crippen molar-refractivity contribution in [3.63, 3.8) is 0 Å². The Morgan fingerprint density at radius 1 is 1.58 bits per heavy atom. The largest absolute Gasteiger partial charge is 0.474 e. The number of carbonyl (C=O) groups is 2. The summed E-state index contributed by atoms with van der Waals surface area (Å²) >= 11 is 0. The maximum atomic E-state index is 10.8. The van der Waals surface area contributed by atoms with Crippen molar-refractivity contribution in [3.05, 3.63) is 0 Å². The van der Waals surface area contributed by atoms with Gasteiger partial charge in [-0.3, -0.25) is 9.63 Å². The molecule has 1 amide bonds. The molecular weight excluding hydrogens is 168 g/mol. The molecule has 0 spiro atoms. The number of nitrogens with zero attached hydrogens (tertiary/aromatic N) is 2. The summed E-state index contributed by atoms with van der Waals surface area (Å²) in [5.41, 5.74) is 4.90. The van der Waals surface area contributed by atoms with Crippen molar-refractivity contribution in [2.75, 3.05) is 13.8 Å². The molecule has 8 heteroatoms. The van der Waals surface area contributed by atoms with E-state index in [1.165, 1.54) is 7.11 Å². The Morgan fingerprint density at radius 2 is 2.25 bits per heavy atom. The Bertz CT molecular complexity index is 207. The third-order valence-electron chi connectivity index (χ3n) is 1.21. The summed E-state index contributed by atoms with van der Waals surface area (Å²) in [6, 6.07) is 0. The highest BCUT2D eigenvalue weighted by atomic mass is 16.8. The monoisotopic (exact) mass is 176 g/mol. The molecule has 3 N–H and O–H groups in total. The molecule has 0 bridgehead atoms. The Morgan fingerprint density at radius 3 is 2.75 bits per heavy atom. The van der Waals surface area contributed by atoms with Gasteiger partial charge in [-0.1, -0.05) is 0 Å². The van der Waals surface area contributed by atoms with Crippen LogP contribution in [0.2, 0.25) is 0 Å². The van der Waals surface area contributed by atoms with Gasteiger partial charge in [0.05, 0.1) is 7.11 Å². The van der Waals surface area contributed by atoms with Crippen LogP contribution in [0, 0.1) is 0 Å². The molecular formula is C4H8N4O4. The number of hydrazine groups is 3. The van der Waals surface area contributed by atoms with Gasteiger partial charge in [0.15, 0.2) is 0 Å². The van der Waals surface area contributed by atoms with E-state index >= 15 is 0 Å². The van der Waals surface area contributed by atoms with Crippen molar-refractivity contribution in [1.82, 2.24) is 21.3 Å². The number of nitrogens with one attached hydrogen (secondary N) is 2. The number of hydrogen-bond donors (Lipinski definition) is 3. The molecule has 0 radical (unpaired) electrons. The number of carboxylic acid groups (broad SMARTS) is 1. The zero-order chi connectivity index (χ0) is 9.14. The molecule has 1 aliphatic rings. The maximum absolute atomic E-state index is 10.8. The van der Waals surface area contributed by atoms with E-state index in [0.717, 1.165) is 10.3 Å². The molecule has 0 saturated carbocycles. The molecule has 0 aromatic rings. The lowest BCUT2D eigenvalue weighted by molar-refractivity contribution is -0.265. The summed E-state index contributed by atoms with van der Waals surface area (Å²) in [7, 11) is 1.29. The molecule has 0 aromatic heterocycles. The lowest BCUT2D eigenvalue weighted by Crippen LogP contribution is -2.47. The smallest absolute Gasteiger partial charge is 0.396 e. The van der Waals surface area contributed by atoms with Crippen molar-refractivity contribution >= 4 is 11.9 Å². The first-order valence-electron chi connectivity index (χ1n) is 3.04. The fourth-order valence-electron chi connectivity index (χ4n) is 0.711. The van der Waals surface area contributed by atoms with Crippen LogP contribution in [0.1, 0.15) is 0 Å². The number of amides is 1. The zero-order valence-electron chi connectivity index (χ0n) is 6.27. The topological polar surface area (TPSA) is 94.1 Å². The lowest BCUT2D eigenvalue weighted by atomic mass is 10.6. The Hall–Kier alpha value is -1.22. The molecule has 68 valence electrons. The molecule has 0 aliphatic carbocycles. The van der Waals surface area contributed by atoms with Crippen LogP contribution < -0.4 is 11.0 Å². The SMILES string of the molecule is CON1NNCN1C(=O)C(=O)O. The molecule has 0 unspecified atom stereocenters. The summed E-state index contributed by atoms with van der Waals surface area (Å²) in [5, 5.41) is 10.1. The van der Waals surface area contributed by atoms with Crippen molar-refractivity contribution in [1.29, 1.82) is 0 Å². The summed E-state index contributed by atoms with van der Waals surface area (Å²) in [6.07, 6.45) is 0. The van der Waals surface area contributed by atoms with E-state index in [-0.39, 0.29) is 6.67 Å². The van der Waals surface area contributed by atoms with Gasteiger partial charge in [-0.2, -0.15) is 0 Å². The second-order valence-corrected chi connectivity index (χ2v) is 1.91. The third-order valence-corrected chi connectivity index (χ3v) is 1.21. The first-order chi connectivity index (χ1) is 5.66. The fraction of sp³-hybridized carbons (Fsp3) is 0.500. The molecule has 1 saturated heterocycles. The van der Waals surface area contributed by atoms with E-state index in [1.807, 2.05) is 0 Å². The number of carbonyl (C=O) groups excluding carboxylic acids is 1. The molecule has 1 fully saturated rings. The van der Waals surface area contributed by atoms with Crippen LogP contribution in [-0.2, 0) is 14.4 Å². The first-order valence-corrected chi connectivity index (χ1v) is 3.04. The highest BCUT2D eigenvalue weighted by Gasteiger charge is 2.30. The first kappa shape index (κ1) is 8.87. The van der Waals surface area contributed by atoms with Gasteiger partial charge in [-0.15, -0.1) is 5.53 Å². The van der Waals surface area contributed by atoms with E-state index in [9.17, 15) is 9.59 Å². The van der Waals surface area contributed by atoms with E-state index in [1.54, 1.807) is 0 Å². The Labute approximate surface area is 67.5 Å². The van der Waals surface area contributed by atoms with Crippen LogP contribution in [0.5, 0.6) is 0 Å². The predicted octanol–water partition coefficient (Wildman–Crippen LogP) is -2.34. The third kappa shape index (κ3) is 1.51. The Kier molecular flexibility index (Phi) is 2.55. The van der Waals surface area contributed by atoms with Gasteiger partial charge in [-0.05, 0) is 5.28 Å². The molecule has 0 atom stereocenters. The van der Waals surface area contributed by atoms with Crippen LogP contribution in [0.25, 0.3) is 0 Å². The summed E-state index contributed by atoms with van der Waals surface area (Å²) in [6.45, 7) is 0.0406. The average molecular weight is 176 g/mol. The molecule has 8 nitrogen and oxygen atoms in total. The number of carboxylic acids is 1. The van der Waals surface area contributed by atoms with Gasteiger partial charge in [0, 0.05) is 0 Å². The second kappa shape index (κ2) is 3.45. The van der Waals surface area contributed by atoms with Gasteiger partial charge >= 0.3 is 11.9 Å². The second-order valence-electron chi connectivity index (χ2n) is 1.91. The van der Waals surface area contributed by atoms with Gasteiger partial charge < -0.3 is 5.11 Å². The normalized spacial score (nSPS) is 18.2. The molecule has 1 heterocycles. The van der Waals surface area contributed by atoms with E-state index in [2.05, 4.69) is 15.8 Å². The van der Waals surface area contributed by atoms with Gasteiger partial charge in [0.25, 0.3) is 0 Å². The minimum absolute atomic E-state index is 0.0406. The van der Waals surface area contributed by atoms with Crippen LogP contribution in [0.4, 0.5) is 0 Å². The minimum atomic E-state index is -1.54. The van der Waals surface area contributed by atoms with Gasteiger partial charge in [-0.25, -0.2) is 15.2 Å². The molecule has 12 heavy (non-hydrogen) atoms. The number of hydrogen-bond acceptors (Lipinski definition) is 6. The Balaban J connectivity index is 2.61. The fourth-order valence-corrected chi connectivity index (χ4v) is 0.711. The predicted molar refractivity (Wildman–Crippen MR) is 34.5 cm³/mol. The van der Waals surface area contributed by atoms with E-state index in [4.69, 9.17) is 5.11 Å². The van der Waals surface area contributed by atoms with Crippen LogP contribution in [0.15, 0.2) is 0 Å². The average Bonchev–Trinajstić information content (AvgIpc) is 2.49. The summed E-state index contributed by atoms with van der Waals surface area (Å²) in [4.78, 5) is 25.7. The zero-order valence-corrected chi connectivity index (χ0v) is 6.27. The van der Waals surface area contributed by atoms with Crippen LogP contribution in [0.3, 0.4) is 0 Å². The number of aliphatic carboxylic acids is 1.